The van der Waals surface area contributed by atoms with E-state index < -0.39 is 11.9 Å². The summed E-state index contributed by atoms with van der Waals surface area (Å²) in [5.74, 6) is -0.541. The van der Waals surface area contributed by atoms with Gasteiger partial charge < -0.3 is 9.84 Å². The molecule has 1 atom stereocenters. The Labute approximate surface area is 100.0 Å². The molecule has 0 bridgehead atoms. The predicted molar refractivity (Wildman–Crippen MR) is 63.2 cm³/mol. The Balaban J connectivity index is 3.04. The summed E-state index contributed by atoms with van der Waals surface area (Å²) in [5, 5.41) is 9.43. The van der Waals surface area contributed by atoms with E-state index in [-0.39, 0.29) is 0 Å². The van der Waals surface area contributed by atoms with Crippen LogP contribution in [-0.2, 0) is 11.2 Å². The fourth-order valence-electron chi connectivity index (χ4n) is 1.55. The zero-order valence-electron chi connectivity index (χ0n) is 9.58. The second kappa shape index (κ2) is 5.21. The summed E-state index contributed by atoms with van der Waals surface area (Å²) in [6, 6.07) is 3.52. The van der Waals surface area contributed by atoms with E-state index in [4.69, 9.17) is 21.4 Å². The molecule has 0 heterocycles. The smallest absolute Gasteiger partial charge is 0.306 e. The minimum atomic E-state index is -0.807. The lowest BCUT2D eigenvalue weighted by Crippen LogP contribution is -2.13. The van der Waals surface area contributed by atoms with Crippen molar-refractivity contribution in [3.8, 4) is 5.75 Å². The maximum absolute atomic E-state index is 10.8. The molecule has 0 saturated carbocycles. The van der Waals surface area contributed by atoms with Crippen LogP contribution in [0.1, 0.15) is 18.1 Å². The van der Waals surface area contributed by atoms with Gasteiger partial charge in [0.2, 0.25) is 0 Å². The van der Waals surface area contributed by atoms with Gasteiger partial charge in [-0.1, -0.05) is 18.5 Å². The lowest BCUT2D eigenvalue weighted by atomic mass is 9.97. The van der Waals surface area contributed by atoms with Crippen LogP contribution in [0, 0.1) is 12.8 Å². The Morgan fingerprint density at radius 3 is 2.69 bits per heavy atom. The standard InChI is InChI=1S/C12H15ClO3/c1-7(12(14)15)4-9-5-10(13)6-11(16-3)8(9)2/h5-7H,4H2,1-3H3,(H,14,15). The molecule has 1 aromatic rings. The van der Waals surface area contributed by atoms with E-state index >= 15 is 0 Å². The first-order valence-corrected chi connectivity index (χ1v) is 5.39. The van der Waals surface area contributed by atoms with Crippen molar-refractivity contribution in [2.75, 3.05) is 7.11 Å². The molecule has 4 heteroatoms. The van der Waals surface area contributed by atoms with Crippen LogP contribution in [0.15, 0.2) is 12.1 Å². The highest BCUT2D eigenvalue weighted by atomic mass is 35.5. The molecule has 0 saturated heterocycles. The molecule has 88 valence electrons. The zero-order chi connectivity index (χ0) is 12.3. The molecule has 0 spiro atoms. The number of carboxylic acid groups (broad SMARTS) is 1. The van der Waals surface area contributed by atoms with Gasteiger partial charge in [0.05, 0.1) is 13.0 Å². The maximum Gasteiger partial charge on any atom is 0.306 e. The number of aliphatic carboxylic acids is 1. The van der Waals surface area contributed by atoms with E-state index in [1.54, 1.807) is 26.2 Å². The number of hydrogen-bond donors (Lipinski definition) is 1. The summed E-state index contributed by atoms with van der Waals surface area (Å²) in [5.41, 5.74) is 1.86. The van der Waals surface area contributed by atoms with Crippen LogP contribution >= 0.6 is 11.6 Å². The Hall–Kier alpha value is -1.22. The molecule has 0 aliphatic carbocycles. The molecule has 16 heavy (non-hydrogen) atoms. The number of halogens is 1. The van der Waals surface area contributed by atoms with E-state index in [0.717, 1.165) is 11.1 Å². The van der Waals surface area contributed by atoms with Gasteiger partial charge in [0.1, 0.15) is 5.75 Å². The summed E-state index contributed by atoms with van der Waals surface area (Å²) in [4.78, 5) is 10.8. The Kier molecular flexibility index (Phi) is 4.19. The highest BCUT2D eigenvalue weighted by Crippen LogP contribution is 2.28. The van der Waals surface area contributed by atoms with Crippen molar-refractivity contribution in [2.45, 2.75) is 20.3 Å². The third-order valence-electron chi connectivity index (χ3n) is 2.60. The van der Waals surface area contributed by atoms with Gasteiger partial charge in [-0.3, -0.25) is 4.79 Å². The third kappa shape index (κ3) is 2.89. The van der Waals surface area contributed by atoms with Gasteiger partial charge in [0.15, 0.2) is 0 Å². The van der Waals surface area contributed by atoms with E-state index in [1.165, 1.54) is 0 Å². The van der Waals surface area contributed by atoms with E-state index in [1.807, 2.05) is 6.92 Å². The summed E-state index contributed by atoms with van der Waals surface area (Å²) < 4.78 is 5.18. The van der Waals surface area contributed by atoms with Crippen LogP contribution < -0.4 is 4.74 Å². The second-order valence-electron chi connectivity index (χ2n) is 3.84. The zero-order valence-corrected chi connectivity index (χ0v) is 10.3. The number of benzene rings is 1. The first-order chi connectivity index (χ1) is 7.45. The minimum absolute atomic E-state index is 0.429. The van der Waals surface area contributed by atoms with Crippen molar-refractivity contribution in [2.24, 2.45) is 5.92 Å². The third-order valence-corrected chi connectivity index (χ3v) is 2.82. The molecule has 0 amide bonds. The first-order valence-electron chi connectivity index (χ1n) is 5.01. The highest BCUT2D eigenvalue weighted by Gasteiger charge is 2.15. The summed E-state index contributed by atoms with van der Waals surface area (Å²) in [6.07, 6.45) is 0.456. The van der Waals surface area contributed by atoms with Crippen LogP contribution in [0.2, 0.25) is 5.02 Å². The topological polar surface area (TPSA) is 46.5 Å². The fraction of sp³-hybridized carbons (Fsp3) is 0.417. The molecule has 1 aromatic carbocycles. The normalized spacial score (nSPS) is 12.2. The van der Waals surface area contributed by atoms with Crippen molar-refractivity contribution < 1.29 is 14.6 Å². The predicted octanol–water partition coefficient (Wildman–Crippen LogP) is 2.92. The molecule has 0 fully saturated rings. The molecule has 0 aromatic heterocycles. The Morgan fingerprint density at radius 2 is 2.19 bits per heavy atom. The van der Waals surface area contributed by atoms with Crippen LogP contribution in [-0.4, -0.2) is 18.2 Å². The molecular weight excluding hydrogens is 228 g/mol. The second-order valence-corrected chi connectivity index (χ2v) is 4.27. The molecule has 3 nitrogen and oxygen atoms in total. The number of ether oxygens (including phenoxy) is 1. The van der Waals surface area contributed by atoms with Gasteiger partial charge in [0, 0.05) is 5.02 Å². The highest BCUT2D eigenvalue weighted by molar-refractivity contribution is 6.30. The molecule has 1 N–H and O–H groups in total. The number of hydrogen-bond acceptors (Lipinski definition) is 2. The Bertz CT molecular complexity index is 401. The molecule has 1 rings (SSSR count). The van der Waals surface area contributed by atoms with Gasteiger partial charge in [-0.15, -0.1) is 0 Å². The monoisotopic (exact) mass is 242 g/mol. The molecule has 1 unspecified atom stereocenters. The average Bonchev–Trinajstić information content (AvgIpc) is 2.22. The van der Waals surface area contributed by atoms with Gasteiger partial charge in [-0.25, -0.2) is 0 Å². The fourth-order valence-corrected chi connectivity index (χ4v) is 1.78. The lowest BCUT2D eigenvalue weighted by molar-refractivity contribution is -0.141. The number of rotatable bonds is 4. The summed E-state index contributed by atoms with van der Waals surface area (Å²) >= 11 is 5.94. The quantitative estimate of drug-likeness (QED) is 0.883. The van der Waals surface area contributed by atoms with Gasteiger partial charge >= 0.3 is 5.97 Å². The van der Waals surface area contributed by atoms with Crippen molar-refractivity contribution >= 4 is 17.6 Å². The maximum atomic E-state index is 10.8. The lowest BCUT2D eigenvalue weighted by Gasteiger charge is -2.13. The molecule has 0 aliphatic heterocycles. The van der Waals surface area contributed by atoms with Crippen molar-refractivity contribution in [3.63, 3.8) is 0 Å². The number of carboxylic acids is 1. The van der Waals surface area contributed by atoms with Crippen molar-refractivity contribution in [1.29, 1.82) is 0 Å². The average molecular weight is 243 g/mol. The largest absolute Gasteiger partial charge is 0.496 e. The van der Waals surface area contributed by atoms with Gasteiger partial charge in [-0.05, 0) is 36.6 Å². The van der Waals surface area contributed by atoms with Crippen LogP contribution in [0.5, 0.6) is 5.75 Å². The summed E-state index contributed by atoms with van der Waals surface area (Å²) in [6.45, 7) is 3.58. The van der Waals surface area contributed by atoms with Gasteiger partial charge in [-0.2, -0.15) is 0 Å². The van der Waals surface area contributed by atoms with E-state index in [2.05, 4.69) is 0 Å². The number of methoxy groups -OCH3 is 1. The minimum Gasteiger partial charge on any atom is -0.496 e. The van der Waals surface area contributed by atoms with Crippen molar-refractivity contribution in [3.05, 3.63) is 28.3 Å². The molecule has 0 aliphatic rings. The van der Waals surface area contributed by atoms with Gasteiger partial charge in [0.25, 0.3) is 0 Å². The number of carbonyl (C=O) groups is 1. The van der Waals surface area contributed by atoms with Crippen LogP contribution in [0.25, 0.3) is 0 Å². The van der Waals surface area contributed by atoms with E-state index in [0.29, 0.717) is 17.2 Å². The molecule has 0 radical (unpaired) electrons. The van der Waals surface area contributed by atoms with Crippen molar-refractivity contribution in [1.82, 2.24) is 0 Å². The Morgan fingerprint density at radius 1 is 1.56 bits per heavy atom. The summed E-state index contributed by atoms with van der Waals surface area (Å²) in [7, 11) is 1.57. The first kappa shape index (κ1) is 12.8. The molecular formula is C12H15ClO3. The van der Waals surface area contributed by atoms with Crippen LogP contribution in [0.4, 0.5) is 0 Å². The van der Waals surface area contributed by atoms with Crippen LogP contribution in [0.3, 0.4) is 0 Å². The van der Waals surface area contributed by atoms with E-state index in [9.17, 15) is 4.79 Å². The SMILES string of the molecule is COc1cc(Cl)cc(CC(C)C(=O)O)c1C.